The van der Waals surface area contributed by atoms with Crippen molar-refractivity contribution in [3.63, 3.8) is 0 Å². The van der Waals surface area contributed by atoms with Crippen LogP contribution in [0.2, 0.25) is 0 Å². The molecule has 0 aliphatic carbocycles. The third-order valence-electron chi connectivity index (χ3n) is 2.15. The molecule has 0 fully saturated rings. The van der Waals surface area contributed by atoms with Crippen molar-refractivity contribution < 1.29 is 18.3 Å². The highest BCUT2D eigenvalue weighted by molar-refractivity contribution is 5.36. The average molecular weight is 190 g/mol. The summed E-state index contributed by atoms with van der Waals surface area (Å²) >= 11 is 0. The van der Waals surface area contributed by atoms with Crippen molar-refractivity contribution in [1.82, 2.24) is 0 Å². The Morgan fingerprint density at radius 1 is 0.923 bits per heavy atom. The Bertz CT molecular complexity index is 318. The first kappa shape index (κ1) is 10.1. The van der Waals surface area contributed by atoms with Gasteiger partial charge in [0.05, 0.1) is 6.61 Å². The van der Waals surface area contributed by atoms with E-state index in [-0.39, 0.29) is 16.7 Å². The number of hydrogen-bond acceptors (Lipinski definition) is 1. The summed E-state index contributed by atoms with van der Waals surface area (Å²) in [7, 11) is 0. The van der Waals surface area contributed by atoms with Gasteiger partial charge in [-0.25, -0.2) is 13.2 Å². The van der Waals surface area contributed by atoms with Gasteiger partial charge in [0.15, 0.2) is 17.5 Å². The molecule has 0 saturated carbocycles. The molecule has 1 rings (SSSR count). The highest BCUT2D eigenvalue weighted by atomic mass is 19.2. The van der Waals surface area contributed by atoms with Crippen molar-refractivity contribution in [2.75, 3.05) is 0 Å². The van der Waals surface area contributed by atoms with Crippen LogP contribution in [-0.2, 0) is 6.61 Å². The van der Waals surface area contributed by atoms with E-state index in [0.29, 0.717) is 0 Å². The smallest absolute Gasteiger partial charge is 0.195 e. The van der Waals surface area contributed by atoms with Crippen LogP contribution in [0.3, 0.4) is 0 Å². The summed E-state index contributed by atoms with van der Waals surface area (Å²) in [4.78, 5) is 0. The SMILES string of the molecule is Cc1c(C)c(CO)c(F)c(F)c1F. The van der Waals surface area contributed by atoms with Crippen LogP contribution in [0.25, 0.3) is 0 Å². The zero-order valence-electron chi connectivity index (χ0n) is 7.29. The molecular formula is C9H9F3O. The normalized spacial score (nSPS) is 10.6. The van der Waals surface area contributed by atoms with Gasteiger partial charge in [0, 0.05) is 5.56 Å². The predicted octanol–water partition coefficient (Wildman–Crippen LogP) is 2.21. The second kappa shape index (κ2) is 3.38. The summed E-state index contributed by atoms with van der Waals surface area (Å²) in [6, 6.07) is 0. The van der Waals surface area contributed by atoms with Crippen LogP contribution in [0.15, 0.2) is 0 Å². The third-order valence-corrected chi connectivity index (χ3v) is 2.15. The molecule has 1 N–H and O–H groups in total. The molecule has 0 saturated heterocycles. The van der Waals surface area contributed by atoms with Gasteiger partial charge in [-0.2, -0.15) is 0 Å². The van der Waals surface area contributed by atoms with Crippen LogP contribution in [0.5, 0.6) is 0 Å². The molecule has 1 aromatic carbocycles. The van der Waals surface area contributed by atoms with Crippen LogP contribution in [0.1, 0.15) is 16.7 Å². The quantitative estimate of drug-likeness (QED) is 0.673. The Morgan fingerprint density at radius 2 is 1.46 bits per heavy atom. The first-order valence-electron chi connectivity index (χ1n) is 3.74. The average Bonchev–Trinajstić information content (AvgIpc) is 2.13. The largest absolute Gasteiger partial charge is 0.392 e. The van der Waals surface area contributed by atoms with Gasteiger partial charge >= 0.3 is 0 Å². The van der Waals surface area contributed by atoms with Gasteiger partial charge in [-0.05, 0) is 25.0 Å². The first-order valence-corrected chi connectivity index (χ1v) is 3.74. The molecule has 0 bridgehead atoms. The van der Waals surface area contributed by atoms with Crippen molar-refractivity contribution in [3.05, 3.63) is 34.1 Å². The molecule has 1 nitrogen and oxygen atoms in total. The third kappa shape index (κ3) is 1.42. The van der Waals surface area contributed by atoms with Gasteiger partial charge < -0.3 is 5.11 Å². The fraction of sp³-hybridized carbons (Fsp3) is 0.333. The fourth-order valence-corrected chi connectivity index (χ4v) is 1.14. The Labute approximate surface area is 73.8 Å². The Morgan fingerprint density at radius 3 is 1.92 bits per heavy atom. The maximum atomic E-state index is 12.9. The maximum Gasteiger partial charge on any atom is 0.195 e. The number of hydrogen-bond donors (Lipinski definition) is 1. The second-order valence-corrected chi connectivity index (χ2v) is 2.83. The van der Waals surface area contributed by atoms with E-state index in [0.717, 1.165) is 0 Å². The zero-order valence-corrected chi connectivity index (χ0v) is 7.29. The van der Waals surface area contributed by atoms with E-state index in [4.69, 9.17) is 5.11 Å². The number of aliphatic hydroxyl groups is 1. The predicted molar refractivity (Wildman–Crippen MR) is 41.7 cm³/mol. The van der Waals surface area contributed by atoms with Gasteiger partial charge in [0.1, 0.15) is 0 Å². The van der Waals surface area contributed by atoms with Crippen molar-refractivity contribution in [1.29, 1.82) is 0 Å². The van der Waals surface area contributed by atoms with Crippen LogP contribution >= 0.6 is 0 Å². The highest BCUT2D eigenvalue weighted by Crippen LogP contribution is 2.23. The number of aliphatic hydroxyl groups excluding tert-OH is 1. The minimum atomic E-state index is -1.52. The maximum absolute atomic E-state index is 12.9. The Balaban J connectivity index is 3.56. The van der Waals surface area contributed by atoms with Gasteiger partial charge in [0.2, 0.25) is 0 Å². The molecule has 0 aliphatic rings. The van der Waals surface area contributed by atoms with E-state index < -0.39 is 24.1 Å². The van der Waals surface area contributed by atoms with Crippen LogP contribution < -0.4 is 0 Å². The lowest BCUT2D eigenvalue weighted by Crippen LogP contribution is -2.04. The van der Waals surface area contributed by atoms with Crippen molar-refractivity contribution in [3.8, 4) is 0 Å². The number of rotatable bonds is 1. The molecule has 0 aromatic heterocycles. The van der Waals surface area contributed by atoms with E-state index in [1.54, 1.807) is 0 Å². The topological polar surface area (TPSA) is 20.2 Å². The molecular weight excluding hydrogens is 181 g/mol. The molecule has 0 heterocycles. The van der Waals surface area contributed by atoms with Gasteiger partial charge in [-0.15, -0.1) is 0 Å². The lowest BCUT2D eigenvalue weighted by molar-refractivity contribution is 0.271. The summed E-state index contributed by atoms with van der Waals surface area (Å²) in [6.45, 7) is 2.15. The van der Waals surface area contributed by atoms with Crippen LogP contribution in [0.4, 0.5) is 13.2 Å². The van der Waals surface area contributed by atoms with Crippen molar-refractivity contribution in [2.24, 2.45) is 0 Å². The molecule has 0 unspecified atom stereocenters. The highest BCUT2D eigenvalue weighted by Gasteiger charge is 2.19. The van der Waals surface area contributed by atoms with E-state index in [9.17, 15) is 13.2 Å². The second-order valence-electron chi connectivity index (χ2n) is 2.83. The van der Waals surface area contributed by atoms with Gasteiger partial charge in [-0.3, -0.25) is 0 Å². The lowest BCUT2D eigenvalue weighted by atomic mass is 10.0. The summed E-state index contributed by atoms with van der Waals surface area (Å²) in [5.74, 6) is -4.01. The molecule has 1 aromatic rings. The fourth-order valence-electron chi connectivity index (χ4n) is 1.14. The Kier molecular flexibility index (Phi) is 2.61. The molecule has 13 heavy (non-hydrogen) atoms. The molecule has 0 atom stereocenters. The van der Waals surface area contributed by atoms with Gasteiger partial charge in [-0.1, -0.05) is 0 Å². The minimum absolute atomic E-state index is 0.0305. The van der Waals surface area contributed by atoms with Crippen molar-refractivity contribution in [2.45, 2.75) is 20.5 Å². The minimum Gasteiger partial charge on any atom is -0.392 e. The van der Waals surface area contributed by atoms with E-state index >= 15 is 0 Å². The zero-order chi connectivity index (χ0) is 10.2. The van der Waals surface area contributed by atoms with E-state index in [1.807, 2.05) is 0 Å². The standard InChI is InChI=1S/C9H9F3O/c1-4-5(2)7(10)9(12)8(11)6(4)3-13/h13H,3H2,1-2H3. The van der Waals surface area contributed by atoms with E-state index in [2.05, 4.69) is 0 Å². The molecule has 4 heteroatoms. The Hall–Kier alpha value is -1.03. The number of benzene rings is 1. The first-order chi connectivity index (χ1) is 6.00. The summed E-state index contributed by atoms with van der Waals surface area (Å²) < 4.78 is 38.6. The van der Waals surface area contributed by atoms with Crippen molar-refractivity contribution >= 4 is 0 Å². The summed E-state index contributed by atoms with van der Waals surface area (Å²) in [6.07, 6.45) is 0. The molecule has 0 spiro atoms. The van der Waals surface area contributed by atoms with E-state index in [1.165, 1.54) is 13.8 Å². The number of halogens is 3. The molecule has 0 amide bonds. The molecule has 0 radical (unpaired) electrons. The summed E-state index contributed by atoms with van der Waals surface area (Å²) in [5, 5.41) is 8.71. The van der Waals surface area contributed by atoms with Gasteiger partial charge in [0.25, 0.3) is 0 Å². The summed E-state index contributed by atoms with van der Waals surface area (Å²) in [5.41, 5.74) is 0.0956. The van der Waals surface area contributed by atoms with Crippen LogP contribution in [-0.4, -0.2) is 5.11 Å². The van der Waals surface area contributed by atoms with Crippen LogP contribution in [0, 0.1) is 31.3 Å². The monoisotopic (exact) mass is 190 g/mol. The molecule has 72 valence electrons. The lowest BCUT2D eigenvalue weighted by Gasteiger charge is -2.09. The molecule has 0 aliphatic heterocycles.